The second kappa shape index (κ2) is 12.8. The van der Waals surface area contributed by atoms with Crippen molar-refractivity contribution < 1.29 is 0 Å². The van der Waals surface area contributed by atoms with Crippen LogP contribution >= 0.6 is 0 Å². The van der Waals surface area contributed by atoms with Crippen LogP contribution in [0.4, 0.5) is 0 Å². The highest BCUT2D eigenvalue weighted by molar-refractivity contribution is 6.10. The number of hydrogen-bond acceptors (Lipinski definition) is 3. The molecule has 3 nitrogen and oxygen atoms in total. The van der Waals surface area contributed by atoms with Crippen LogP contribution in [0.5, 0.6) is 0 Å². The van der Waals surface area contributed by atoms with Crippen molar-refractivity contribution in [2.45, 2.75) is 19.3 Å². The van der Waals surface area contributed by atoms with E-state index >= 15 is 0 Å². The smallest absolute Gasteiger partial charge is 0.165 e. The molecule has 0 unspecified atom stereocenters. The number of benzene rings is 10. The number of hydrogen-bond donors (Lipinski definition) is 0. The van der Waals surface area contributed by atoms with Gasteiger partial charge in [-0.2, -0.15) is 0 Å². The molecule has 0 amide bonds. The fourth-order valence-electron chi connectivity index (χ4n) is 9.77. The summed E-state index contributed by atoms with van der Waals surface area (Å²) in [7, 11) is 0. The Bertz CT molecular complexity index is 3410. The summed E-state index contributed by atoms with van der Waals surface area (Å²) in [6.07, 6.45) is 0. The van der Waals surface area contributed by atoms with Crippen molar-refractivity contribution in [3.8, 4) is 56.4 Å². The Morgan fingerprint density at radius 1 is 0.305 bits per heavy atom. The van der Waals surface area contributed by atoms with Gasteiger partial charge in [-0.3, -0.25) is 0 Å². The van der Waals surface area contributed by atoms with Gasteiger partial charge in [0.15, 0.2) is 17.5 Å². The molecule has 0 saturated heterocycles. The van der Waals surface area contributed by atoms with E-state index in [1.165, 1.54) is 60.1 Å². The monoisotopic (exact) mass is 751 g/mol. The van der Waals surface area contributed by atoms with E-state index in [0.717, 1.165) is 43.8 Å². The molecule has 0 fully saturated rings. The Labute approximate surface area is 342 Å². The Morgan fingerprint density at radius 3 is 1.39 bits per heavy atom. The van der Waals surface area contributed by atoms with Crippen molar-refractivity contribution in [3.63, 3.8) is 0 Å². The van der Waals surface area contributed by atoms with Crippen molar-refractivity contribution in [1.82, 2.24) is 15.0 Å². The van der Waals surface area contributed by atoms with Crippen molar-refractivity contribution in [2.24, 2.45) is 0 Å². The summed E-state index contributed by atoms with van der Waals surface area (Å²) in [6, 6.07) is 67.9. The van der Waals surface area contributed by atoms with Crippen LogP contribution in [0.1, 0.15) is 25.0 Å². The second-order valence-electron chi connectivity index (χ2n) is 16.4. The second-order valence-corrected chi connectivity index (χ2v) is 16.4. The minimum absolute atomic E-state index is 0.130. The lowest BCUT2D eigenvalue weighted by molar-refractivity contribution is 0.660. The molecule has 0 atom stereocenters. The lowest BCUT2D eigenvalue weighted by Crippen LogP contribution is -2.14. The van der Waals surface area contributed by atoms with Gasteiger partial charge in [0.25, 0.3) is 0 Å². The highest BCUT2D eigenvalue weighted by Gasteiger charge is 2.37. The first kappa shape index (κ1) is 33.6. The minimum Gasteiger partial charge on any atom is -0.208 e. The molecule has 0 aliphatic heterocycles. The van der Waals surface area contributed by atoms with Crippen LogP contribution in [0.25, 0.3) is 110 Å². The highest BCUT2D eigenvalue weighted by atomic mass is 15.0. The number of rotatable bonds is 4. The van der Waals surface area contributed by atoms with Crippen LogP contribution in [-0.2, 0) is 5.41 Å². The molecule has 10 aromatic carbocycles. The Morgan fingerprint density at radius 2 is 0.746 bits per heavy atom. The van der Waals surface area contributed by atoms with Crippen molar-refractivity contribution >= 4 is 53.9 Å². The van der Waals surface area contributed by atoms with Crippen molar-refractivity contribution in [3.05, 3.63) is 199 Å². The van der Waals surface area contributed by atoms with Gasteiger partial charge in [-0.25, -0.2) is 15.0 Å². The van der Waals surface area contributed by atoms with E-state index in [4.69, 9.17) is 15.0 Å². The molecule has 0 radical (unpaired) electrons. The molecule has 1 heterocycles. The van der Waals surface area contributed by atoms with Crippen LogP contribution in [0, 0.1) is 0 Å². The van der Waals surface area contributed by atoms with Crippen LogP contribution in [0.15, 0.2) is 188 Å². The first-order chi connectivity index (χ1) is 29.0. The van der Waals surface area contributed by atoms with Gasteiger partial charge >= 0.3 is 0 Å². The summed E-state index contributed by atoms with van der Waals surface area (Å²) in [4.78, 5) is 16.2. The molecule has 1 aliphatic carbocycles. The third kappa shape index (κ3) is 5.18. The maximum atomic E-state index is 5.45. The fourth-order valence-corrected chi connectivity index (χ4v) is 9.77. The van der Waals surface area contributed by atoms with Gasteiger partial charge in [0.2, 0.25) is 0 Å². The molecular formula is C56H37N3. The van der Waals surface area contributed by atoms with Crippen molar-refractivity contribution in [2.75, 3.05) is 0 Å². The summed E-state index contributed by atoms with van der Waals surface area (Å²) in [5.74, 6) is 1.93. The summed E-state index contributed by atoms with van der Waals surface area (Å²) >= 11 is 0. The van der Waals surface area contributed by atoms with E-state index in [-0.39, 0.29) is 5.41 Å². The molecule has 0 spiro atoms. The lowest BCUT2D eigenvalue weighted by atomic mass is 9.81. The quantitative estimate of drug-likeness (QED) is 0.168. The number of nitrogens with zero attached hydrogens (tertiary/aromatic N) is 3. The average molecular weight is 752 g/mol. The molecule has 0 N–H and O–H groups in total. The first-order valence-corrected chi connectivity index (χ1v) is 20.4. The maximum absolute atomic E-state index is 5.45. The number of fused-ring (bicyclic) bond motifs is 10. The summed E-state index contributed by atoms with van der Waals surface area (Å²) in [5, 5.41) is 11.9. The molecule has 0 bridgehead atoms. The first-order valence-electron chi connectivity index (χ1n) is 20.4. The Hall–Kier alpha value is -7.49. The maximum Gasteiger partial charge on any atom is 0.165 e. The third-order valence-electron chi connectivity index (χ3n) is 12.7. The normalized spacial score (nSPS) is 13.1. The third-order valence-corrected chi connectivity index (χ3v) is 12.7. The zero-order valence-corrected chi connectivity index (χ0v) is 32.7. The van der Waals surface area contributed by atoms with Crippen molar-refractivity contribution in [1.29, 1.82) is 0 Å². The van der Waals surface area contributed by atoms with E-state index in [1.54, 1.807) is 0 Å². The predicted molar refractivity (Wildman–Crippen MR) is 247 cm³/mol. The minimum atomic E-state index is -0.130. The van der Waals surface area contributed by atoms with Crippen LogP contribution in [-0.4, -0.2) is 15.0 Å². The molecule has 11 aromatic rings. The van der Waals surface area contributed by atoms with Gasteiger partial charge in [0.1, 0.15) is 0 Å². The summed E-state index contributed by atoms with van der Waals surface area (Å²) < 4.78 is 0. The van der Waals surface area contributed by atoms with Crippen LogP contribution in [0.2, 0.25) is 0 Å². The Balaban J connectivity index is 1.14. The molecule has 3 heteroatoms. The molecule has 1 aliphatic rings. The van der Waals surface area contributed by atoms with Gasteiger partial charge in [0, 0.05) is 22.1 Å². The van der Waals surface area contributed by atoms with Gasteiger partial charge in [-0.1, -0.05) is 190 Å². The summed E-state index contributed by atoms with van der Waals surface area (Å²) in [6.45, 7) is 4.68. The van der Waals surface area contributed by atoms with E-state index in [2.05, 4.69) is 202 Å². The van der Waals surface area contributed by atoms with Gasteiger partial charge in [-0.15, -0.1) is 0 Å². The SMILES string of the molecule is CC1(C)c2ccccc2-c2c(-c3ccc4ccccc4c3-c3nc(-c4ccc5c(ccc6ccccc65)c4)nc(-c4ccc5c(ccc6ccccc65)c4)n3)cccc21. The van der Waals surface area contributed by atoms with E-state index < -0.39 is 0 Å². The molecule has 1 aromatic heterocycles. The van der Waals surface area contributed by atoms with E-state index in [9.17, 15) is 0 Å². The van der Waals surface area contributed by atoms with Gasteiger partial charge < -0.3 is 0 Å². The summed E-state index contributed by atoms with van der Waals surface area (Å²) in [5.41, 5.74) is 10.3. The largest absolute Gasteiger partial charge is 0.208 e. The van der Waals surface area contributed by atoms with Crippen LogP contribution < -0.4 is 0 Å². The van der Waals surface area contributed by atoms with Gasteiger partial charge in [0.05, 0.1) is 0 Å². The van der Waals surface area contributed by atoms with E-state index in [0.29, 0.717) is 17.5 Å². The molecule has 12 rings (SSSR count). The molecule has 276 valence electrons. The standard InChI is InChI=1S/C56H37N3/c1-56(2)49-20-10-9-18-48(49)51-46(19-11-21-50(51)56)47-31-26-36-14-5-8-17-45(36)52(47)55-58-53(39-27-29-43-37(32-39)24-22-34-12-3-6-15-41(34)43)57-54(59-55)40-28-30-44-38(33-40)25-23-35-13-4-7-16-42(35)44/h3-33H,1-2H3. The van der Waals surface area contributed by atoms with Crippen LogP contribution in [0.3, 0.4) is 0 Å². The fraction of sp³-hybridized carbons (Fsp3) is 0.0536. The zero-order valence-electron chi connectivity index (χ0n) is 32.7. The molecule has 59 heavy (non-hydrogen) atoms. The average Bonchev–Trinajstić information content (AvgIpc) is 3.53. The lowest BCUT2D eigenvalue weighted by Gasteiger charge is -2.22. The van der Waals surface area contributed by atoms with Gasteiger partial charge in [-0.05, 0) is 99.4 Å². The molecular weight excluding hydrogens is 715 g/mol. The Kier molecular flexibility index (Phi) is 7.27. The molecule has 0 saturated carbocycles. The van der Waals surface area contributed by atoms with E-state index in [1.807, 2.05) is 0 Å². The predicted octanol–water partition coefficient (Wildman–Crippen LogP) is 14.6. The highest BCUT2D eigenvalue weighted by Crippen LogP contribution is 2.53. The zero-order chi connectivity index (χ0) is 39.2. The number of aromatic nitrogens is 3. The topological polar surface area (TPSA) is 38.7 Å².